The number of benzene rings is 2. The van der Waals surface area contributed by atoms with Gasteiger partial charge < -0.3 is 4.74 Å². The molecule has 0 fully saturated rings. The molecule has 1 aliphatic rings. The molecule has 4 nitrogen and oxygen atoms in total. The summed E-state index contributed by atoms with van der Waals surface area (Å²) in [6, 6.07) is 12.4. The summed E-state index contributed by atoms with van der Waals surface area (Å²) in [5.74, 6) is -0.232. The number of ketones is 1. The van der Waals surface area contributed by atoms with Crippen LogP contribution in [0, 0.1) is 6.92 Å². The van der Waals surface area contributed by atoms with E-state index in [1.54, 1.807) is 37.4 Å². The summed E-state index contributed by atoms with van der Waals surface area (Å²) in [6.45, 7) is 1.90. The van der Waals surface area contributed by atoms with Gasteiger partial charge in [-0.25, -0.2) is 0 Å². The Morgan fingerprint density at radius 1 is 1.05 bits per heavy atom. The van der Waals surface area contributed by atoms with Crippen LogP contribution in [0.15, 0.2) is 42.5 Å². The lowest BCUT2D eigenvalue weighted by molar-refractivity contribution is -0.113. The van der Waals surface area contributed by atoms with E-state index in [0.29, 0.717) is 16.9 Å². The maximum absolute atomic E-state index is 12.2. The topological polar surface area (TPSA) is 46.6 Å². The highest BCUT2D eigenvalue weighted by atomic mass is 16.5. The molecule has 2 aromatic carbocycles. The van der Waals surface area contributed by atoms with Crippen molar-refractivity contribution < 1.29 is 14.3 Å². The van der Waals surface area contributed by atoms with E-state index in [0.717, 1.165) is 11.3 Å². The summed E-state index contributed by atoms with van der Waals surface area (Å²) in [5, 5.41) is 0. The summed E-state index contributed by atoms with van der Waals surface area (Å²) < 4.78 is 5.21. The van der Waals surface area contributed by atoms with Gasteiger partial charge >= 0.3 is 5.91 Å². The summed E-state index contributed by atoms with van der Waals surface area (Å²) in [6.07, 6.45) is 0. The molecule has 20 heavy (non-hydrogen) atoms. The fourth-order valence-electron chi connectivity index (χ4n) is 2.44. The first kappa shape index (κ1) is 12.4. The number of aryl methyl sites for hydroxylation is 1. The van der Waals surface area contributed by atoms with E-state index in [-0.39, 0.29) is 0 Å². The third-order valence-electron chi connectivity index (χ3n) is 3.42. The number of para-hydroxylation sites is 1. The molecule has 100 valence electrons. The minimum absolute atomic E-state index is 0.450. The highest BCUT2D eigenvalue weighted by Crippen LogP contribution is 2.36. The molecule has 1 aliphatic heterocycles. The highest BCUT2D eigenvalue weighted by Gasteiger charge is 2.36. The van der Waals surface area contributed by atoms with Crippen molar-refractivity contribution in [1.82, 2.24) is 0 Å². The van der Waals surface area contributed by atoms with E-state index in [1.165, 1.54) is 4.90 Å². The van der Waals surface area contributed by atoms with Crippen LogP contribution < -0.4 is 9.64 Å². The molecule has 1 heterocycles. The molecule has 0 atom stereocenters. The molecule has 3 rings (SSSR count). The minimum Gasteiger partial charge on any atom is -0.496 e. The summed E-state index contributed by atoms with van der Waals surface area (Å²) in [7, 11) is 1.60. The molecular formula is C16H13NO3. The third-order valence-corrected chi connectivity index (χ3v) is 3.42. The fourth-order valence-corrected chi connectivity index (χ4v) is 2.44. The van der Waals surface area contributed by atoms with Gasteiger partial charge in [-0.15, -0.1) is 0 Å². The first-order chi connectivity index (χ1) is 9.63. The fraction of sp³-hybridized carbons (Fsp3) is 0.125. The number of Topliss-reactive ketones (excluding diaryl/α,β-unsaturated/α-hetero) is 1. The summed E-state index contributed by atoms with van der Waals surface area (Å²) in [4.78, 5) is 25.6. The van der Waals surface area contributed by atoms with Crippen LogP contribution >= 0.6 is 0 Å². The average molecular weight is 267 g/mol. The number of anilines is 2. The van der Waals surface area contributed by atoms with Gasteiger partial charge in [0, 0.05) is 5.69 Å². The van der Waals surface area contributed by atoms with E-state index in [4.69, 9.17) is 4.74 Å². The van der Waals surface area contributed by atoms with Crippen molar-refractivity contribution in [3.63, 3.8) is 0 Å². The molecule has 0 bridgehead atoms. The third kappa shape index (κ3) is 1.69. The predicted molar refractivity (Wildman–Crippen MR) is 75.6 cm³/mol. The SMILES string of the molecule is COc1ccc(N2C(=O)C(=O)c3ccccc32)cc1C. The maximum Gasteiger partial charge on any atom is 0.304 e. The van der Waals surface area contributed by atoms with Gasteiger partial charge in [-0.3, -0.25) is 14.5 Å². The molecular weight excluding hydrogens is 254 g/mol. The molecule has 4 heteroatoms. The van der Waals surface area contributed by atoms with Crippen LogP contribution in [0.1, 0.15) is 15.9 Å². The minimum atomic E-state index is -0.518. The second kappa shape index (κ2) is 4.49. The Morgan fingerprint density at radius 2 is 1.80 bits per heavy atom. The average Bonchev–Trinajstić information content (AvgIpc) is 2.71. The van der Waals surface area contributed by atoms with E-state index < -0.39 is 11.7 Å². The van der Waals surface area contributed by atoms with Crippen LogP contribution in [0.4, 0.5) is 11.4 Å². The van der Waals surface area contributed by atoms with Crippen molar-refractivity contribution in [2.75, 3.05) is 12.0 Å². The molecule has 1 amide bonds. The van der Waals surface area contributed by atoms with E-state index in [2.05, 4.69) is 0 Å². The van der Waals surface area contributed by atoms with Crippen molar-refractivity contribution in [3.05, 3.63) is 53.6 Å². The number of carbonyl (C=O) groups excluding carboxylic acids is 2. The lowest BCUT2D eigenvalue weighted by atomic mass is 10.1. The van der Waals surface area contributed by atoms with Gasteiger partial charge in [0.2, 0.25) is 0 Å². The first-order valence-corrected chi connectivity index (χ1v) is 6.26. The smallest absolute Gasteiger partial charge is 0.304 e. The number of hydrogen-bond donors (Lipinski definition) is 0. The number of hydrogen-bond acceptors (Lipinski definition) is 3. The number of fused-ring (bicyclic) bond motifs is 1. The van der Waals surface area contributed by atoms with Crippen LogP contribution in [0.5, 0.6) is 5.75 Å². The zero-order valence-corrected chi connectivity index (χ0v) is 11.2. The Hall–Kier alpha value is -2.62. The molecule has 0 unspecified atom stereocenters. The molecule has 0 aromatic heterocycles. The standard InChI is InChI=1S/C16H13NO3/c1-10-9-11(7-8-14(10)20-2)17-13-6-4-3-5-12(13)15(18)16(17)19/h3-9H,1-2H3. The van der Waals surface area contributed by atoms with Gasteiger partial charge in [-0.1, -0.05) is 12.1 Å². The molecule has 2 aromatic rings. The van der Waals surface area contributed by atoms with Crippen LogP contribution in [0.3, 0.4) is 0 Å². The number of ether oxygens (including phenoxy) is 1. The lowest BCUT2D eigenvalue weighted by Gasteiger charge is -2.18. The van der Waals surface area contributed by atoms with E-state index in [1.807, 2.05) is 19.1 Å². The van der Waals surface area contributed by atoms with Gasteiger partial charge in [0.05, 0.1) is 18.4 Å². The maximum atomic E-state index is 12.2. The van der Waals surface area contributed by atoms with Crippen LogP contribution in [0.2, 0.25) is 0 Å². The molecule has 0 radical (unpaired) electrons. The molecule has 0 saturated carbocycles. The molecule has 0 aliphatic carbocycles. The molecule has 0 N–H and O–H groups in total. The van der Waals surface area contributed by atoms with Crippen LogP contribution in [-0.2, 0) is 4.79 Å². The highest BCUT2D eigenvalue weighted by molar-refractivity contribution is 6.53. The van der Waals surface area contributed by atoms with Crippen molar-refractivity contribution in [3.8, 4) is 5.75 Å². The van der Waals surface area contributed by atoms with Crippen molar-refractivity contribution in [1.29, 1.82) is 0 Å². The quantitative estimate of drug-likeness (QED) is 0.786. The van der Waals surface area contributed by atoms with Gasteiger partial charge in [-0.05, 0) is 42.8 Å². The first-order valence-electron chi connectivity index (χ1n) is 6.26. The van der Waals surface area contributed by atoms with Gasteiger partial charge in [-0.2, -0.15) is 0 Å². The lowest BCUT2D eigenvalue weighted by Crippen LogP contribution is -2.24. The normalized spacial score (nSPS) is 13.6. The van der Waals surface area contributed by atoms with Crippen molar-refractivity contribution in [2.45, 2.75) is 6.92 Å². The Labute approximate surface area is 116 Å². The van der Waals surface area contributed by atoms with Gasteiger partial charge in [0.25, 0.3) is 5.78 Å². The second-order valence-corrected chi connectivity index (χ2v) is 4.64. The largest absolute Gasteiger partial charge is 0.496 e. The number of nitrogens with zero attached hydrogens (tertiary/aromatic N) is 1. The van der Waals surface area contributed by atoms with Gasteiger partial charge in [0.1, 0.15) is 5.75 Å². The summed E-state index contributed by atoms with van der Waals surface area (Å²) in [5.41, 5.74) is 2.67. The number of methoxy groups -OCH3 is 1. The van der Waals surface area contributed by atoms with Gasteiger partial charge in [0.15, 0.2) is 0 Å². The Kier molecular flexibility index (Phi) is 2.79. The zero-order chi connectivity index (χ0) is 14.3. The van der Waals surface area contributed by atoms with E-state index >= 15 is 0 Å². The van der Waals surface area contributed by atoms with Crippen LogP contribution in [-0.4, -0.2) is 18.8 Å². The second-order valence-electron chi connectivity index (χ2n) is 4.64. The Balaban J connectivity index is 2.13. The number of amides is 1. The van der Waals surface area contributed by atoms with E-state index in [9.17, 15) is 9.59 Å². The number of carbonyl (C=O) groups is 2. The Bertz CT molecular complexity index is 721. The van der Waals surface area contributed by atoms with Crippen molar-refractivity contribution in [2.24, 2.45) is 0 Å². The Morgan fingerprint density at radius 3 is 2.50 bits per heavy atom. The molecule has 0 saturated heterocycles. The number of rotatable bonds is 2. The zero-order valence-electron chi connectivity index (χ0n) is 11.2. The monoisotopic (exact) mass is 267 g/mol. The molecule has 0 spiro atoms. The summed E-state index contributed by atoms with van der Waals surface area (Å²) >= 11 is 0. The van der Waals surface area contributed by atoms with Crippen molar-refractivity contribution >= 4 is 23.1 Å². The predicted octanol–water partition coefficient (Wildman–Crippen LogP) is 2.86. The van der Waals surface area contributed by atoms with Crippen LogP contribution in [0.25, 0.3) is 0 Å².